The molecular formula is C16H22N2O. The van der Waals surface area contributed by atoms with E-state index in [1.54, 1.807) is 4.90 Å². The molecule has 0 aliphatic carbocycles. The zero-order valence-electron chi connectivity index (χ0n) is 12.0. The van der Waals surface area contributed by atoms with Gasteiger partial charge in [-0.2, -0.15) is 0 Å². The minimum Gasteiger partial charge on any atom is -0.342 e. The van der Waals surface area contributed by atoms with Crippen molar-refractivity contribution in [3.63, 3.8) is 0 Å². The van der Waals surface area contributed by atoms with Crippen LogP contribution in [0.25, 0.3) is 0 Å². The highest BCUT2D eigenvalue weighted by Crippen LogP contribution is 2.13. The lowest BCUT2D eigenvalue weighted by Crippen LogP contribution is -2.28. The number of unbranched alkanes of at least 4 members (excludes halogenated alkanes) is 1. The molecule has 0 spiro atoms. The van der Waals surface area contributed by atoms with Gasteiger partial charge in [0.05, 0.1) is 12.1 Å². The average molecular weight is 258 g/mol. The van der Waals surface area contributed by atoms with E-state index in [4.69, 9.17) is 5.73 Å². The molecule has 1 amide bonds. The third-order valence-electron chi connectivity index (χ3n) is 2.92. The van der Waals surface area contributed by atoms with Gasteiger partial charge in [-0.1, -0.05) is 31.3 Å². The van der Waals surface area contributed by atoms with Gasteiger partial charge in [0.1, 0.15) is 0 Å². The molecule has 0 aliphatic heterocycles. The van der Waals surface area contributed by atoms with Crippen LogP contribution in [0.15, 0.2) is 18.2 Å². The van der Waals surface area contributed by atoms with Gasteiger partial charge in [0.25, 0.3) is 5.91 Å². The van der Waals surface area contributed by atoms with E-state index in [-0.39, 0.29) is 5.91 Å². The van der Waals surface area contributed by atoms with Crippen LogP contribution in [0.5, 0.6) is 0 Å². The molecule has 0 fully saturated rings. The van der Waals surface area contributed by atoms with Gasteiger partial charge in [0.15, 0.2) is 0 Å². The third kappa shape index (κ3) is 4.42. The summed E-state index contributed by atoms with van der Waals surface area (Å²) in [6.07, 6.45) is 2.09. The normalized spacial score (nSPS) is 9.68. The molecule has 3 heteroatoms. The van der Waals surface area contributed by atoms with Gasteiger partial charge in [0, 0.05) is 19.2 Å². The lowest BCUT2D eigenvalue weighted by molar-refractivity contribution is 0.0793. The largest absolute Gasteiger partial charge is 0.342 e. The number of hydrogen-bond donors (Lipinski definition) is 1. The van der Waals surface area contributed by atoms with Crippen molar-refractivity contribution < 1.29 is 4.79 Å². The molecule has 0 saturated heterocycles. The van der Waals surface area contributed by atoms with Crippen molar-refractivity contribution >= 4 is 5.91 Å². The van der Waals surface area contributed by atoms with E-state index in [2.05, 4.69) is 18.8 Å². The maximum Gasteiger partial charge on any atom is 0.254 e. The quantitative estimate of drug-likeness (QED) is 0.841. The fourth-order valence-electron chi connectivity index (χ4n) is 1.80. The van der Waals surface area contributed by atoms with Gasteiger partial charge in [-0.25, -0.2) is 0 Å². The minimum absolute atomic E-state index is 0.0229. The summed E-state index contributed by atoms with van der Waals surface area (Å²) < 4.78 is 0. The van der Waals surface area contributed by atoms with E-state index in [1.807, 2.05) is 32.2 Å². The summed E-state index contributed by atoms with van der Waals surface area (Å²) in [5, 5.41) is 0. The molecule has 3 nitrogen and oxygen atoms in total. The number of hydrogen-bond acceptors (Lipinski definition) is 2. The summed E-state index contributed by atoms with van der Waals surface area (Å²) in [5.74, 6) is 5.82. The van der Waals surface area contributed by atoms with E-state index >= 15 is 0 Å². The zero-order valence-corrected chi connectivity index (χ0v) is 12.0. The van der Waals surface area contributed by atoms with Gasteiger partial charge >= 0.3 is 0 Å². The van der Waals surface area contributed by atoms with Crippen molar-refractivity contribution in [3.05, 3.63) is 34.9 Å². The molecule has 0 bridgehead atoms. The van der Waals surface area contributed by atoms with Crippen molar-refractivity contribution in [1.82, 2.24) is 4.90 Å². The first-order valence-corrected chi connectivity index (χ1v) is 6.65. The molecular weight excluding hydrogens is 236 g/mol. The second-order valence-electron chi connectivity index (χ2n) is 4.64. The summed E-state index contributed by atoms with van der Waals surface area (Å²) in [6, 6.07) is 5.72. The van der Waals surface area contributed by atoms with E-state index in [0.717, 1.165) is 30.5 Å². The Balaban J connectivity index is 3.01. The molecule has 1 aromatic carbocycles. The van der Waals surface area contributed by atoms with Crippen LogP contribution in [0.1, 0.15) is 41.3 Å². The van der Waals surface area contributed by atoms with Crippen LogP contribution in [0.3, 0.4) is 0 Å². The number of carbonyl (C=O) groups is 1. The predicted octanol–water partition coefficient (Wildman–Crippen LogP) is 2.18. The molecule has 1 aromatic rings. The first-order valence-electron chi connectivity index (χ1n) is 6.65. The molecule has 0 aliphatic rings. The van der Waals surface area contributed by atoms with E-state index in [1.165, 1.54) is 0 Å². The summed E-state index contributed by atoms with van der Waals surface area (Å²) >= 11 is 0. The molecule has 102 valence electrons. The van der Waals surface area contributed by atoms with Crippen molar-refractivity contribution in [2.75, 3.05) is 20.1 Å². The third-order valence-corrected chi connectivity index (χ3v) is 2.92. The van der Waals surface area contributed by atoms with Crippen LogP contribution in [0.2, 0.25) is 0 Å². The fraction of sp³-hybridized carbons (Fsp3) is 0.438. The number of rotatable bonds is 4. The number of amides is 1. The van der Waals surface area contributed by atoms with Gasteiger partial charge in [-0.15, -0.1) is 0 Å². The van der Waals surface area contributed by atoms with Crippen molar-refractivity contribution in [2.45, 2.75) is 26.7 Å². The summed E-state index contributed by atoms with van der Waals surface area (Å²) in [7, 11) is 1.83. The Kier molecular flexibility index (Phi) is 6.11. The highest BCUT2D eigenvalue weighted by atomic mass is 16.2. The van der Waals surface area contributed by atoms with Crippen molar-refractivity contribution in [2.24, 2.45) is 5.73 Å². The molecule has 2 N–H and O–H groups in total. The highest BCUT2D eigenvalue weighted by molar-refractivity contribution is 5.96. The Morgan fingerprint density at radius 2 is 2.16 bits per heavy atom. The Hall–Kier alpha value is -1.79. The Bertz CT molecular complexity index is 497. The van der Waals surface area contributed by atoms with Crippen LogP contribution in [0, 0.1) is 18.8 Å². The zero-order chi connectivity index (χ0) is 14.3. The maximum atomic E-state index is 12.4. The first-order chi connectivity index (χ1) is 9.10. The second kappa shape index (κ2) is 7.60. The van der Waals surface area contributed by atoms with E-state index in [9.17, 15) is 4.79 Å². The molecule has 0 radical (unpaired) electrons. The van der Waals surface area contributed by atoms with E-state index < -0.39 is 0 Å². The Labute approximate surface area is 115 Å². The molecule has 0 aromatic heterocycles. The van der Waals surface area contributed by atoms with Gasteiger partial charge in [-0.05, 0) is 31.0 Å². The lowest BCUT2D eigenvalue weighted by Gasteiger charge is -2.17. The second-order valence-corrected chi connectivity index (χ2v) is 4.64. The molecule has 0 unspecified atom stereocenters. The van der Waals surface area contributed by atoms with Crippen molar-refractivity contribution in [1.29, 1.82) is 0 Å². The molecule has 0 heterocycles. The number of benzene rings is 1. The standard InChI is InChI=1S/C16H22N2O/c1-4-5-11-18(3)16(19)15-9-8-13(2)12-14(15)7-6-10-17/h8-9,12H,4-5,10-11,17H2,1-3H3. The first kappa shape index (κ1) is 15.3. The van der Waals surface area contributed by atoms with Gasteiger partial charge < -0.3 is 10.6 Å². The maximum absolute atomic E-state index is 12.4. The van der Waals surface area contributed by atoms with Crippen LogP contribution >= 0.6 is 0 Å². The van der Waals surface area contributed by atoms with Crippen LogP contribution < -0.4 is 5.73 Å². The summed E-state index contributed by atoms with van der Waals surface area (Å²) in [6.45, 7) is 5.17. The minimum atomic E-state index is 0.0229. The number of nitrogens with two attached hydrogens (primary N) is 1. The monoisotopic (exact) mass is 258 g/mol. The molecule has 0 saturated carbocycles. The lowest BCUT2D eigenvalue weighted by atomic mass is 10.0. The Morgan fingerprint density at radius 1 is 1.42 bits per heavy atom. The predicted molar refractivity (Wildman–Crippen MR) is 79.0 cm³/mol. The molecule has 19 heavy (non-hydrogen) atoms. The summed E-state index contributed by atoms with van der Waals surface area (Å²) in [4.78, 5) is 14.1. The van der Waals surface area contributed by atoms with E-state index in [0.29, 0.717) is 12.1 Å². The summed E-state index contributed by atoms with van der Waals surface area (Å²) in [5.41, 5.74) is 7.91. The topological polar surface area (TPSA) is 46.3 Å². The number of carbonyl (C=O) groups excluding carboxylic acids is 1. The van der Waals surface area contributed by atoms with Gasteiger partial charge in [-0.3, -0.25) is 4.79 Å². The smallest absolute Gasteiger partial charge is 0.254 e. The highest BCUT2D eigenvalue weighted by Gasteiger charge is 2.14. The fourth-order valence-corrected chi connectivity index (χ4v) is 1.80. The van der Waals surface area contributed by atoms with Crippen LogP contribution in [-0.2, 0) is 0 Å². The Morgan fingerprint density at radius 3 is 2.79 bits per heavy atom. The average Bonchev–Trinajstić information content (AvgIpc) is 2.41. The van der Waals surface area contributed by atoms with Crippen LogP contribution in [0.4, 0.5) is 0 Å². The number of nitrogens with zero attached hydrogens (tertiary/aromatic N) is 1. The SMILES string of the molecule is CCCCN(C)C(=O)c1ccc(C)cc1C#CCN. The van der Waals surface area contributed by atoms with Crippen molar-refractivity contribution in [3.8, 4) is 11.8 Å². The molecule has 0 atom stereocenters. The van der Waals surface area contributed by atoms with Crippen LogP contribution in [-0.4, -0.2) is 30.9 Å². The van der Waals surface area contributed by atoms with Gasteiger partial charge in [0.2, 0.25) is 0 Å². The molecule has 1 rings (SSSR count). The number of aryl methyl sites for hydroxylation is 1.